The zero-order valence-electron chi connectivity index (χ0n) is 15.4. The normalized spacial score (nSPS) is 20.4. The Morgan fingerprint density at radius 1 is 1.33 bits per heavy atom. The number of aryl methyl sites for hydroxylation is 1. The molecular weight excluding hydrogens is 412 g/mol. The Labute approximate surface area is 166 Å². The van der Waals surface area contributed by atoms with Crippen molar-refractivity contribution in [2.75, 3.05) is 25.5 Å². The molecule has 0 unspecified atom stereocenters. The number of rotatable bonds is 5. The lowest BCUT2D eigenvalue weighted by molar-refractivity contribution is 0.0697. The van der Waals surface area contributed by atoms with Gasteiger partial charge in [0.05, 0.1) is 17.4 Å². The van der Waals surface area contributed by atoms with E-state index in [1.807, 2.05) is 19.1 Å². The minimum absolute atomic E-state index is 0.146. The fourth-order valence-corrected chi connectivity index (χ4v) is 4.00. The maximum atomic E-state index is 12.3. The van der Waals surface area contributed by atoms with Gasteiger partial charge in [-0.3, -0.25) is 4.79 Å². The highest BCUT2D eigenvalue weighted by Gasteiger charge is 2.27. The molecule has 0 saturated carbocycles. The van der Waals surface area contributed by atoms with Gasteiger partial charge in [0.25, 0.3) is 5.56 Å². The summed E-state index contributed by atoms with van der Waals surface area (Å²) < 4.78 is 1.91. The number of benzene rings is 1. The number of hydrogen-bond acceptors (Lipinski definition) is 5. The standard InChI is InChI=1S/C19H23BrN4O3/c1-3-24-18(25)17(20)16(9-21-24)22-15-8-14(10-23(2)11-15)12-4-6-13(7-5-12)19(26)27/h4-7,9,14-15,22H,3,8,10-11H2,1-2H3,(H,26,27)/t14-,15+/m0/s1. The largest absolute Gasteiger partial charge is 0.478 e. The highest BCUT2D eigenvalue weighted by atomic mass is 79.9. The van der Waals surface area contributed by atoms with Gasteiger partial charge in [0.15, 0.2) is 0 Å². The van der Waals surface area contributed by atoms with Crippen LogP contribution in [-0.4, -0.2) is 51.9 Å². The molecule has 27 heavy (non-hydrogen) atoms. The van der Waals surface area contributed by atoms with Crippen molar-refractivity contribution in [1.29, 1.82) is 0 Å². The van der Waals surface area contributed by atoms with Gasteiger partial charge in [0.2, 0.25) is 0 Å². The molecule has 1 saturated heterocycles. The molecule has 2 N–H and O–H groups in total. The van der Waals surface area contributed by atoms with Crippen LogP contribution in [0.1, 0.15) is 35.2 Å². The minimum Gasteiger partial charge on any atom is -0.478 e. The average Bonchev–Trinajstić information content (AvgIpc) is 2.65. The van der Waals surface area contributed by atoms with Crippen molar-refractivity contribution < 1.29 is 9.90 Å². The van der Waals surface area contributed by atoms with Crippen LogP contribution in [0.2, 0.25) is 0 Å². The van der Waals surface area contributed by atoms with E-state index in [4.69, 9.17) is 5.11 Å². The van der Waals surface area contributed by atoms with Crippen LogP contribution >= 0.6 is 15.9 Å². The lowest BCUT2D eigenvalue weighted by Gasteiger charge is -2.37. The number of anilines is 1. The third-order valence-corrected chi connectivity index (χ3v) is 5.67. The number of likely N-dealkylation sites (tertiary alicyclic amines) is 1. The molecule has 0 radical (unpaired) electrons. The van der Waals surface area contributed by atoms with Crippen LogP contribution in [0.3, 0.4) is 0 Å². The second kappa shape index (κ2) is 8.22. The van der Waals surface area contributed by atoms with Crippen LogP contribution in [0.5, 0.6) is 0 Å². The number of hydrogen-bond donors (Lipinski definition) is 2. The molecule has 3 rings (SSSR count). The topological polar surface area (TPSA) is 87.5 Å². The summed E-state index contributed by atoms with van der Waals surface area (Å²) in [5.74, 6) is -0.632. The fourth-order valence-electron chi connectivity index (χ4n) is 3.57. The van der Waals surface area contributed by atoms with Crippen LogP contribution in [0, 0.1) is 0 Å². The highest BCUT2D eigenvalue weighted by Crippen LogP contribution is 2.29. The predicted molar refractivity (Wildman–Crippen MR) is 108 cm³/mol. The molecular formula is C19H23BrN4O3. The number of piperidine rings is 1. The maximum absolute atomic E-state index is 12.3. The zero-order chi connectivity index (χ0) is 19.6. The molecule has 0 bridgehead atoms. The van der Waals surface area contributed by atoms with E-state index in [2.05, 4.69) is 38.3 Å². The highest BCUT2D eigenvalue weighted by molar-refractivity contribution is 9.10. The summed E-state index contributed by atoms with van der Waals surface area (Å²) in [5, 5.41) is 16.7. The van der Waals surface area contributed by atoms with E-state index in [0.29, 0.717) is 22.3 Å². The van der Waals surface area contributed by atoms with Crippen molar-refractivity contribution in [2.24, 2.45) is 0 Å². The summed E-state index contributed by atoms with van der Waals surface area (Å²) in [6.07, 6.45) is 2.57. The molecule has 8 heteroatoms. The average molecular weight is 435 g/mol. The van der Waals surface area contributed by atoms with Gasteiger partial charge < -0.3 is 15.3 Å². The van der Waals surface area contributed by atoms with Gasteiger partial charge in [-0.1, -0.05) is 12.1 Å². The first-order valence-electron chi connectivity index (χ1n) is 8.93. The van der Waals surface area contributed by atoms with Gasteiger partial charge in [-0.25, -0.2) is 9.48 Å². The molecule has 2 aromatic rings. The minimum atomic E-state index is -0.916. The van der Waals surface area contributed by atoms with Crippen LogP contribution in [0.25, 0.3) is 0 Å². The van der Waals surface area contributed by atoms with Gasteiger partial charge in [-0.2, -0.15) is 5.10 Å². The summed E-state index contributed by atoms with van der Waals surface area (Å²) >= 11 is 3.39. The van der Waals surface area contributed by atoms with E-state index in [0.717, 1.165) is 25.1 Å². The number of aromatic carboxylic acids is 1. The van der Waals surface area contributed by atoms with E-state index in [-0.39, 0.29) is 17.5 Å². The first kappa shape index (κ1) is 19.6. The van der Waals surface area contributed by atoms with Crippen molar-refractivity contribution in [1.82, 2.24) is 14.7 Å². The molecule has 1 aliphatic heterocycles. The lowest BCUT2D eigenvalue weighted by atomic mass is 9.88. The van der Waals surface area contributed by atoms with E-state index < -0.39 is 5.97 Å². The Morgan fingerprint density at radius 3 is 2.67 bits per heavy atom. The second-order valence-corrected chi connectivity index (χ2v) is 7.71. The molecule has 1 aliphatic rings. The number of halogens is 1. The molecule has 1 aromatic carbocycles. The van der Waals surface area contributed by atoms with Gasteiger partial charge in [0, 0.05) is 25.7 Å². The molecule has 144 valence electrons. The molecule has 0 aliphatic carbocycles. The van der Waals surface area contributed by atoms with Crippen molar-refractivity contribution in [3.8, 4) is 0 Å². The van der Waals surface area contributed by atoms with Gasteiger partial charge in [0.1, 0.15) is 4.47 Å². The Hall–Kier alpha value is -2.19. The summed E-state index contributed by atoms with van der Waals surface area (Å²) in [6.45, 7) is 4.16. The third-order valence-electron chi connectivity index (χ3n) is 4.91. The second-order valence-electron chi connectivity index (χ2n) is 6.92. The van der Waals surface area contributed by atoms with Crippen molar-refractivity contribution >= 4 is 27.6 Å². The van der Waals surface area contributed by atoms with Crippen LogP contribution in [0.4, 0.5) is 5.69 Å². The molecule has 7 nitrogen and oxygen atoms in total. The van der Waals surface area contributed by atoms with Gasteiger partial charge in [-0.05, 0) is 59.9 Å². The number of likely N-dealkylation sites (N-methyl/N-ethyl adjacent to an activating group) is 1. The Morgan fingerprint density at radius 2 is 2.04 bits per heavy atom. The van der Waals surface area contributed by atoms with E-state index in [1.54, 1.807) is 18.3 Å². The van der Waals surface area contributed by atoms with Crippen LogP contribution in [0.15, 0.2) is 39.7 Å². The summed E-state index contributed by atoms with van der Waals surface area (Å²) in [5.41, 5.74) is 1.97. The van der Waals surface area contributed by atoms with Gasteiger partial charge in [-0.15, -0.1) is 0 Å². The molecule has 0 amide bonds. The maximum Gasteiger partial charge on any atom is 0.335 e. The van der Waals surface area contributed by atoms with Gasteiger partial charge >= 0.3 is 5.97 Å². The van der Waals surface area contributed by atoms with E-state index >= 15 is 0 Å². The molecule has 0 spiro atoms. The number of aromatic nitrogens is 2. The number of nitrogens with zero attached hydrogens (tertiary/aromatic N) is 3. The van der Waals surface area contributed by atoms with E-state index in [1.165, 1.54) is 4.68 Å². The Balaban J connectivity index is 1.76. The number of carboxylic acid groups (broad SMARTS) is 1. The fraction of sp³-hybridized carbons (Fsp3) is 0.421. The van der Waals surface area contributed by atoms with Crippen molar-refractivity contribution in [2.45, 2.75) is 31.8 Å². The monoisotopic (exact) mass is 434 g/mol. The van der Waals surface area contributed by atoms with Crippen molar-refractivity contribution in [3.05, 3.63) is 56.4 Å². The first-order chi connectivity index (χ1) is 12.9. The number of nitrogens with one attached hydrogen (secondary N) is 1. The lowest BCUT2D eigenvalue weighted by Crippen LogP contribution is -2.43. The molecule has 1 aromatic heterocycles. The van der Waals surface area contributed by atoms with Crippen LogP contribution < -0.4 is 10.9 Å². The quantitative estimate of drug-likeness (QED) is 0.751. The summed E-state index contributed by atoms with van der Waals surface area (Å²) in [4.78, 5) is 25.5. The smallest absolute Gasteiger partial charge is 0.335 e. The summed E-state index contributed by atoms with van der Waals surface area (Å²) in [6, 6.07) is 7.25. The Kier molecular flexibility index (Phi) is 5.96. The molecule has 2 heterocycles. The van der Waals surface area contributed by atoms with Crippen molar-refractivity contribution in [3.63, 3.8) is 0 Å². The molecule has 2 atom stereocenters. The predicted octanol–water partition coefficient (Wildman–Crippen LogP) is 2.62. The Bertz CT molecular complexity index is 882. The number of carbonyl (C=O) groups is 1. The van der Waals surface area contributed by atoms with E-state index in [9.17, 15) is 9.59 Å². The van der Waals surface area contributed by atoms with Crippen LogP contribution in [-0.2, 0) is 6.54 Å². The first-order valence-corrected chi connectivity index (χ1v) is 9.72. The number of carboxylic acids is 1. The third kappa shape index (κ3) is 4.39. The zero-order valence-corrected chi connectivity index (χ0v) is 16.9. The molecule has 1 fully saturated rings. The summed E-state index contributed by atoms with van der Waals surface area (Å²) in [7, 11) is 2.06. The SMILES string of the molecule is CCn1ncc(N[C@@H]2C[C@H](c3ccc(C(=O)O)cc3)CN(C)C2)c(Br)c1=O.